The number of fused-ring (bicyclic) bond motifs is 3. The Kier molecular flexibility index (Phi) is 5.01. The fraction of sp³-hybridized carbons (Fsp3) is 0.222. The zero-order valence-corrected chi connectivity index (χ0v) is 18.7. The van der Waals surface area contributed by atoms with E-state index in [2.05, 4.69) is 5.32 Å². The van der Waals surface area contributed by atoms with Gasteiger partial charge in [-0.1, -0.05) is 54.6 Å². The molecular formula is C27H25N3O3. The molecular weight excluding hydrogens is 414 g/mol. The first-order chi connectivity index (χ1) is 15.9. The standard InChI is InChI=1S/C27H25N3O3/c1-18-12-13-19(2)22(16-18)28-26(33)27-15-14-24(31)30(27)23-11-7-6-10-21(23)25(32)29(27)17-20-8-4-3-5-9-20/h3-13,16H,14-15,17H2,1-2H3,(H,28,33)/t27-/m1/s1. The van der Waals surface area contributed by atoms with Crippen LogP contribution in [0.4, 0.5) is 11.4 Å². The van der Waals surface area contributed by atoms with Gasteiger partial charge in [-0.05, 0) is 48.7 Å². The first-order valence-corrected chi connectivity index (χ1v) is 11.1. The van der Waals surface area contributed by atoms with Crippen molar-refractivity contribution in [1.29, 1.82) is 0 Å². The maximum Gasteiger partial charge on any atom is 0.271 e. The van der Waals surface area contributed by atoms with E-state index in [1.165, 1.54) is 4.90 Å². The number of hydrogen-bond donors (Lipinski definition) is 1. The normalized spacial score (nSPS) is 19.3. The second-order valence-electron chi connectivity index (χ2n) is 8.71. The molecule has 1 saturated heterocycles. The highest BCUT2D eigenvalue weighted by atomic mass is 16.2. The van der Waals surface area contributed by atoms with Crippen molar-refractivity contribution in [3.8, 4) is 0 Å². The lowest BCUT2D eigenvalue weighted by atomic mass is 9.94. The summed E-state index contributed by atoms with van der Waals surface area (Å²) < 4.78 is 0. The number of nitrogens with one attached hydrogen (secondary N) is 1. The summed E-state index contributed by atoms with van der Waals surface area (Å²) in [7, 11) is 0. The third-order valence-corrected chi connectivity index (χ3v) is 6.56. The molecule has 1 atom stereocenters. The summed E-state index contributed by atoms with van der Waals surface area (Å²) in [5.41, 5.74) is 2.99. The minimum atomic E-state index is -1.44. The van der Waals surface area contributed by atoms with Gasteiger partial charge in [-0.25, -0.2) is 0 Å². The lowest BCUT2D eigenvalue weighted by Gasteiger charge is -2.49. The number of benzene rings is 3. The van der Waals surface area contributed by atoms with Gasteiger partial charge >= 0.3 is 0 Å². The van der Waals surface area contributed by atoms with Gasteiger partial charge in [-0.3, -0.25) is 19.3 Å². The summed E-state index contributed by atoms with van der Waals surface area (Å²) in [6.07, 6.45) is 0.419. The molecule has 3 aromatic carbocycles. The average molecular weight is 440 g/mol. The molecule has 0 bridgehead atoms. The Morgan fingerprint density at radius 3 is 2.48 bits per heavy atom. The minimum Gasteiger partial charge on any atom is -0.322 e. The van der Waals surface area contributed by atoms with Gasteiger partial charge in [0.25, 0.3) is 11.8 Å². The molecule has 0 saturated carbocycles. The Bertz CT molecular complexity index is 1270. The van der Waals surface area contributed by atoms with E-state index in [1.54, 1.807) is 29.2 Å². The van der Waals surface area contributed by atoms with Crippen LogP contribution in [0.5, 0.6) is 0 Å². The summed E-state index contributed by atoms with van der Waals surface area (Å²) in [4.78, 5) is 44.1. The van der Waals surface area contributed by atoms with E-state index in [-0.39, 0.29) is 37.1 Å². The van der Waals surface area contributed by atoms with Crippen molar-refractivity contribution in [2.45, 2.75) is 38.9 Å². The largest absolute Gasteiger partial charge is 0.322 e. The van der Waals surface area contributed by atoms with E-state index in [0.717, 1.165) is 16.7 Å². The molecule has 6 heteroatoms. The molecule has 1 N–H and O–H groups in total. The molecule has 5 rings (SSSR count). The van der Waals surface area contributed by atoms with Crippen molar-refractivity contribution >= 4 is 29.1 Å². The van der Waals surface area contributed by atoms with Crippen molar-refractivity contribution < 1.29 is 14.4 Å². The highest BCUT2D eigenvalue weighted by Crippen LogP contribution is 2.45. The molecule has 166 valence electrons. The number of anilines is 2. The van der Waals surface area contributed by atoms with Crippen LogP contribution in [0.25, 0.3) is 0 Å². The summed E-state index contributed by atoms with van der Waals surface area (Å²) >= 11 is 0. The molecule has 3 amide bonds. The highest BCUT2D eigenvalue weighted by Gasteiger charge is 2.60. The van der Waals surface area contributed by atoms with E-state index in [9.17, 15) is 14.4 Å². The second-order valence-corrected chi connectivity index (χ2v) is 8.71. The predicted molar refractivity (Wildman–Crippen MR) is 127 cm³/mol. The van der Waals surface area contributed by atoms with E-state index in [4.69, 9.17) is 0 Å². The summed E-state index contributed by atoms with van der Waals surface area (Å²) in [6, 6.07) is 22.4. The Morgan fingerprint density at radius 2 is 1.70 bits per heavy atom. The number of hydrogen-bond acceptors (Lipinski definition) is 3. The Labute approximate surface area is 192 Å². The number of nitrogens with zero attached hydrogens (tertiary/aromatic N) is 2. The molecule has 0 radical (unpaired) electrons. The monoisotopic (exact) mass is 439 g/mol. The fourth-order valence-corrected chi connectivity index (χ4v) is 4.86. The first-order valence-electron chi connectivity index (χ1n) is 11.1. The van der Waals surface area contributed by atoms with Crippen LogP contribution in [0.15, 0.2) is 72.8 Å². The average Bonchev–Trinajstić information content (AvgIpc) is 3.18. The second kappa shape index (κ2) is 7.89. The lowest BCUT2D eigenvalue weighted by Crippen LogP contribution is -2.69. The number of amides is 3. The molecule has 0 spiro atoms. The van der Waals surface area contributed by atoms with Gasteiger partial charge in [0.05, 0.1) is 11.3 Å². The van der Waals surface area contributed by atoms with Crippen LogP contribution in [0, 0.1) is 13.8 Å². The zero-order chi connectivity index (χ0) is 23.2. The van der Waals surface area contributed by atoms with E-state index in [1.807, 2.05) is 62.4 Å². The van der Waals surface area contributed by atoms with Crippen LogP contribution in [0.3, 0.4) is 0 Å². The SMILES string of the molecule is Cc1ccc(C)c(NC(=O)[C@@]23CCC(=O)N2c2ccccc2C(=O)N3Cc2ccccc2)c1. The first kappa shape index (κ1) is 20.9. The number of rotatable bonds is 4. The molecule has 1 fully saturated rings. The summed E-state index contributed by atoms with van der Waals surface area (Å²) in [6.45, 7) is 4.10. The van der Waals surface area contributed by atoms with Gasteiger partial charge in [0.1, 0.15) is 0 Å². The number of carbonyl (C=O) groups is 3. The quantitative estimate of drug-likeness (QED) is 0.654. The van der Waals surface area contributed by atoms with Crippen LogP contribution in [0.1, 0.15) is 39.9 Å². The fourth-order valence-electron chi connectivity index (χ4n) is 4.86. The molecule has 3 aromatic rings. The van der Waals surface area contributed by atoms with Gasteiger partial charge in [0, 0.05) is 25.1 Å². The number of carbonyl (C=O) groups excluding carboxylic acids is 3. The molecule has 0 unspecified atom stereocenters. The molecule has 0 aromatic heterocycles. The van der Waals surface area contributed by atoms with Crippen LogP contribution in [0.2, 0.25) is 0 Å². The predicted octanol–water partition coefficient (Wildman–Crippen LogP) is 4.42. The van der Waals surface area contributed by atoms with Crippen molar-refractivity contribution in [1.82, 2.24) is 4.90 Å². The van der Waals surface area contributed by atoms with Crippen molar-refractivity contribution in [2.24, 2.45) is 0 Å². The van der Waals surface area contributed by atoms with Crippen LogP contribution < -0.4 is 10.2 Å². The van der Waals surface area contributed by atoms with E-state index < -0.39 is 5.66 Å². The third-order valence-electron chi connectivity index (χ3n) is 6.56. The van der Waals surface area contributed by atoms with Gasteiger partial charge in [0.15, 0.2) is 0 Å². The maximum absolute atomic E-state index is 14.0. The maximum atomic E-state index is 14.0. The molecule has 2 heterocycles. The molecule has 33 heavy (non-hydrogen) atoms. The molecule has 2 aliphatic heterocycles. The number of para-hydroxylation sites is 1. The topological polar surface area (TPSA) is 69.7 Å². The van der Waals surface area contributed by atoms with Gasteiger partial charge in [-0.15, -0.1) is 0 Å². The van der Waals surface area contributed by atoms with Gasteiger partial charge in [0.2, 0.25) is 11.6 Å². The molecule has 2 aliphatic rings. The zero-order valence-electron chi connectivity index (χ0n) is 18.7. The van der Waals surface area contributed by atoms with Gasteiger partial charge < -0.3 is 10.2 Å². The van der Waals surface area contributed by atoms with Crippen molar-refractivity contribution in [2.75, 3.05) is 10.2 Å². The lowest BCUT2D eigenvalue weighted by molar-refractivity contribution is -0.129. The summed E-state index contributed by atoms with van der Waals surface area (Å²) in [5, 5.41) is 3.04. The van der Waals surface area contributed by atoms with Crippen molar-refractivity contribution in [3.63, 3.8) is 0 Å². The molecule has 0 aliphatic carbocycles. The smallest absolute Gasteiger partial charge is 0.271 e. The highest BCUT2D eigenvalue weighted by molar-refractivity contribution is 6.18. The summed E-state index contributed by atoms with van der Waals surface area (Å²) in [5.74, 6) is -0.790. The third kappa shape index (κ3) is 3.30. The minimum absolute atomic E-state index is 0.163. The Morgan fingerprint density at radius 1 is 0.970 bits per heavy atom. The molecule has 6 nitrogen and oxygen atoms in total. The van der Waals surface area contributed by atoms with Crippen LogP contribution >= 0.6 is 0 Å². The van der Waals surface area contributed by atoms with Gasteiger partial charge in [-0.2, -0.15) is 0 Å². The van der Waals surface area contributed by atoms with E-state index in [0.29, 0.717) is 16.9 Å². The van der Waals surface area contributed by atoms with Crippen molar-refractivity contribution in [3.05, 3.63) is 95.1 Å². The van der Waals surface area contributed by atoms with Crippen LogP contribution in [-0.4, -0.2) is 28.3 Å². The van der Waals surface area contributed by atoms with E-state index >= 15 is 0 Å². The Balaban J connectivity index is 1.66. The van der Waals surface area contributed by atoms with Crippen LogP contribution in [-0.2, 0) is 16.1 Å². The Hall–Kier alpha value is -3.93. The number of aryl methyl sites for hydroxylation is 2.